The van der Waals surface area contributed by atoms with E-state index < -0.39 is 11.4 Å². The van der Waals surface area contributed by atoms with Crippen LogP contribution in [0.1, 0.15) is 13.8 Å². The fourth-order valence-corrected chi connectivity index (χ4v) is 0.973. The standard InChI is InChI=1S/C9H12O4/c1-3-4-13-8(10)9(2)5-11-7-12-6-9/h5-7H2,1-2H3. The maximum atomic E-state index is 11.4. The minimum absolute atomic E-state index is 0.238. The van der Waals surface area contributed by atoms with E-state index in [4.69, 9.17) is 9.47 Å². The average molecular weight is 184 g/mol. The maximum Gasteiger partial charge on any atom is 0.330 e. The van der Waals surface area contributed by atoms with E-state index >= 15 is 0 Å². The first-order chi connectivity index (χ1) is 6.19. The van der Waals surface area contributed by atoms with Gasteiger partial charge in [-0.2, -0.15) is 0 Å². The van der Waals surface area contributed by atoms with Crippen LogP contribution in [0.5, 0.6) is 0 Å². The molecule has 0 amide bonds. The maximum absolute atomic E-state index is 11.4. The molecule has 1 fully saturated rings. The van der Waals surface area contributed by atoms with E-state index in [1.807, 2.05) is 0 Å². The van der Waals surface area contributed by atoms with Gasteiger partial charge in [-0.1, -0.05) is 5.92 Å². The molecule has 0 unspecified atom stereocenters. The molecule has 0 aromatic heterocycles. The summed E-state index contributed by atoms with van der Waals surface area (Å²) in [6, 6.07) is 0. The third kappa shape index (κ3) is 2.44. The quantitative estimate of drug-likeness (QED) is 0.440. The molecule has 0 bridgehead atoms. The second-order valence-electron chi connectivity index (χ2n) is 3.12. The lowest BCUT2D eigenvalue weighted by molar-refractivity contribution is -0.186. The van der Waals surface area contributed by atoms with Gasteiger partial charge in [-0.15, -0.1) is 0 Å². The van der Waals surface area contributed by atoms with E-state index in [-0.39, 0.29) is 6.79 Å². The third-order valence-corrected chi connectivity index (χ3v) is 1.75. The van der Waals surface area contributed by atoms with Gasteiger partial charge in [0.2, 0.25) is 0 Å². The predicted molar refractivity (Wildman–Crippen MR) is 44.4 cm³/mol. The van der Waals surface area contributed by atoms with Crippen molar-refractivity contribution >= 4 is 5.97 Å². The predicted octanol–water partition coefficient (Wildman–Crippen LogP) is 0.521. The van der Waals surface area contributed by atoms with Crippen molar-refractivity contribution in [3.8, 4) is 12.0 Å². The van der Waals surface area contributed by atoms with Crippen LogP contribution < -0.4 is 0 Å². The molecule has 1 heterocycles. The summed E-state index contributed by atoms with van der Waals surface area (Å²) in [7, 11) is 0. The van der Waals surface area contributed by atoms with Crippen LogP contribution in [0.25, 0.3) is 0 Å². The molecule has 0 aromatic rings. The van der Waals surface area contributed by atoms with Crippen LogP contribution in [-0.2, 0) is 19.0 Å². The van der Waals surface area contributed by atoms with E-state index in [9.17, 15) is 4.79 Å². The van der Waals surface area contributed by atoms with Crippen molar-refractivity contribution in [2.24, 2.45) is 5.41 Å². The minimum Gasteiger partial charge on any atom is -0.372 e. The number of hydrogen-bond acceptors (Lipinski definition) is 4. The van der Waals surface area contributed by atoms with Gasteiger partial charge in [0.25, 0.3) is 0 Å². The van der Waals surface area contributed by atoms with Crippen LogP contribution in [0.4, 0.5) is 0 Å². The fourth-order valence-electron chi connectivity index (χ4n) is 0.973. The van der Waals surface area contributed by atoms with Crippen LogP contribution in [-0.4, -0.2) is 26.0 Å². The molecular formula is C9H12O4. The fraction of sp³-hybridized carbons (Fsp3) is 0.667. The van der Waals surface area contributed by atoms with E-state index in [1.165, 1.54) is 0 Å². The van der Waals surface area contributed by atoms with Crippen LogP contribution >= 0.6 is 0 Å². The van der Waals surface area contributed by atoms with Crippen molar-refractivity contribution in [1.82, 2.24) is 0 Å². The summed E-state index contributed by atoms with van der Waals surface area (Å²) in [5.74, 6) is 2.08. The zero-order valence-electron chi connectivity index (χ0n) is 7.75. The van der Waals surface area contributed by atoms with Crippen molar-refractivity contribution in [2.45, 2.75) is 13.8 Å². The Morgan fingerprint density at radius 2 is 2.08 bits per heavy atom. The van der Waals surface area contributed by atoms with Gasteiger partial charge >= 0.3 is 5.97 Å². The molecule has 0 N–H and O–H groups in total. The van der Waals surface area contributed by atoms with Gasteiger partial charge in [0, 0.05) is 6.92 Å². The van der Waals surface area contributed by atoms with Gasteiger partial charge in [-0.25, -0.2) is 0 Å². The summed E-state index contributed by atoms with van der Waals surface area (Å²) in [6.45, 7) is 4.20. The van der Waals surface area contributed by atoms with Crippen LogP contribution in [0, 0.1) is 17.4 Å². The molecular weight excluding hydrogens is 172 g/mol. The monoisotopic (exact) mass is 184 g/mol. The summed E-state index contributed by atoms with van der Waals surface area (Å²) >= 11 is 0. The van der Waals surface area contributed by atoms with Crippen LogP contribution in [0.3, 0.4) is 0 Å². The van der Waals surface area contributed by atoms with Crippen LogP contribution in [0.2, 0.25) is 0 Å². The lowest BCUT2D eigenvalue weighted by Crippen LogP contribution is -2.42. The van der Waals surface area contributed by atoms with Gasteiger partial charge < -0.3 is 14.2 Å². The Balaban J connectivity index is 2.54. The highest BCUT2D eigenvalue weighted by atomic mass is 16.7. The molecule has 4 nitrogen and oxygen atoms in total. The second kappa shape index (κ2) is 4.26. The summed E-state index contributed by atoms with van der Waals surface area (Å²) in [5.41, 5.74) is -0.720. The summed E-state index contributed by atoms with van der Waals surface area (Å²) in [6.07, 6.45) is 2.26. The molecule has 4 heteroatoms. The number of hydrogen-bond donors (Lipinski definition) is 0. The SMILES string of the molecule is CC#COC(=O)C1(C)COCOC1. The summed E-state index contributed by atoms with van der Waals surface area (Å²) in [5, 5.41) is 0. The van der Waals surface area contributed by atoms with Gasteiger partial charge in [-0.05, 0) is 6.92 Å². The van der Waals surface area contributed by atoms with Crippen molar-refractivity contribution in [1.29, 1.82) is 0 Å². The first-order valence-electron chi connectivity index (χ1n) is 3.97. The molecule has 0 spiro atoms. The summed E-state index contributed by atoms with van der Waals surface area (Å²) < 4.78 is 14.7. The Morgan fingerprint density at radius 3 is 2.62 bits per heavy atom. The topological polar surface area (TPSA) is 44.8 Å². The normalized spacial score (nSPS) is 19.8. The molecule has 1 aliphatic rings. The molecule has 0 atom stereocenters. The van der Waals surface area contributed by atoms with Gasteiger partial charge in [-0.3, -0.25) is 4.79 Å². The van der Waals surface area contributed by atoms with Gasteiger partial charge in [0.1, 0.15) is 18.3 Å². The molecule has 0 aliphatic carbocycles. The van der Waals surface area contributed by atoms with Crippen molar-refractivity contribution in [2.75, 3.05) is 20.0 Å². The molecule has 72 valence electrons. The Bertz CT molecular complexity index is 242. The number of ether oxygens (including phenoxy) is 3. The molecule has 1 rings (SSSR count). The van der Waals surface area contributed by atoms with E-state index in [2.05, 4.69) is 16.8 Å². The third-order valence-electron chi connectivity index (χ3n) is 1.75. The Morgan fingerprint density at radius 1 is 1.46 bits per heavy atom. The Kier molecular flexibility index (Phi) is 3.29. The number of carbonyl (C=O) groups is 1. The number of esters is 1. The molecule has 0 saturated carbocycles. The van der Waals surface area contributed by atoms with Crippen molar-refractivity contribution < 1.29 is 19.0 Å². The van der Waals surface area contributed by atoms with E-state index in [0.717, 1.165) is 0 Å². The van der Waals surface area contributed by atoms with Crippen molar-refractivity contribution in [3.63, 3.8) is 0 Å². The highest BCUT2D eigenvalue weighted by molar-refractivity contribution is 5.77. The molecule has 13 heavy (non-hydrogen) atoms. The minimum atomic E-state index is -0.720. The van der Waals surface area contributed by atoms with Crippen molar-refractivity contribution in [3.05, 3.63) is 0 Å². The number of carbonyl (C=O) groups excluding carboxylic acids is 1. The zero-order chi connectivity index (χ0) is 9.73. The second-order valence-corrected chi connectivity index (χ2v) is 3.12. The molecule has 1 saturated heterocycles. The highest BCUT2D eigenvalue weighted by Crippen LogP contribution is 2.22. The van der Waals surface area contributed by atoms with Gasteiger partial charge in [0.05, 0.1) is 13.2 Å². The zero-order valence-corrected chi connectivity index (χ0v) is 7.75. The lowest BCUT2D eigenvalue weighted by atomic mass is 9.93. The van der Waals surface area contributed by atoms with E-state index in [1.54, 1.807) is 13.8 Å². The highest BCUT2D eigenvalue weighted by Gasteiger charge is 2.38. The average Bonchev–Trinajstić information content (AvgIpc) is 2.15. The Labute approximate surface area is 77.2 Å². The molecule has 0 aromatic carbocycles. The number of rotatable bonds is 1. The van der Waals surface area contributed by atoms with Crippen LogP contribution in [0.15, 0.2) is 0 Å². The van der Waals surface area contributed by atoms with E-state index in [0.29, 0.717) is 13.2 Å². The largest absolute Gasteiger partial charge is 0.372 e. The smallest absolute Gasteiger partial charge is 0.330 e. The Hall–Kier alpha value is -1.05. The molecule has 0 radical (unpaired) electrons. The van der Waals surface area contributed by atoms with Gasteiger partial charge in [0.15, 0.2) is 0 Å². The first kappa shape index (κ1) is 10.0. The molecule has 1 aliphatic heterocycles. The first-order valence-corrected chi connectivity index (χ1v) is 3.97. The lowest BCUT2D eigenvalue weighted by Gasteiger charge is -2.29. The summed E-state index contributed by atoms with van der Waals surface area (Å²) in [4.78, 5) is 11.4.